The summed E-state index contributed by atoms with van der Waals surface area (Å²) in [4.78, 5) is 23.4. The Morgan fingerprint density at radius 2 is 2.05 bits per heavy atom. The van der Waals surface area contributed by atoms with Crippen LogP contribution in [0.2, 0.25) is 0 Å². The van der Waals surface area contributed by atoms with Crippen LogP contribution in [-0.4, -0.2) is 42.8 Å². The number of hydrogen-bond donors (Lipinski definition) is 3. The topological polar surface area (TPSA) is 87.7 Å². The van der Waals surface area contributed by atoms with Crippen LogP contribution in [0.25, 0.3) is 0 Å². The summed E-state index contributed by atoms with van der Waals surface area (Å²) in [6, 6.07) is 6.38. The van der Waals surface area contributed by atoms with Crippen molar-refractivity contribution in [1.82, 2.24) is 10.6 Å². The van der Waals surface area contributed by atoms with Crippen molar-refractivity contribution in [3.8, 4) is 0 Å². The van der Waals surface area contributed by atoms with Crippen LogP contribution in [0, 0.1) is 0 Å². The molecule has 0 spiro atoms. The number of β-amino-alcohol motifs (C(OH)–C–C–N with tert-alkyl or cyclic N) is 1. The minimum Gasteiger partial charge on any atom is -0.465 e. The third-order valence-electron chi connectivity index (χ3n) is 3.61. The van der Waals surface area contributed by atoms with Crippen molar-refractivity contribution in [2.24, 2.45) is 0 Å². The Morgan fingerprint density at radius 3 is 2.57 bits per heavy atom. The van der Waals surface area contributed by atoms with Gasteiger partial charge in [0.25, 0.3) is 0 Å². The van der Waals surface area contributed by atoms with E-state index in [2.05, 4.69) is 15.4 Å². The highest BCUT2D eigenvalue weighted by molar-refractivity contribution is 5.89. The van der Waals surface area contributed by atoms with E-state index in [4.69, 9.17) is 0 Å². The summed E-state index contributed by atoms with van der Waals surface area (Å²) in [5, 5.41) is 15.3. The number of ether oxygens (including phenoxy) is 1. The van der Waals surface area contributed by atoms with E-state index in [1.165, 1.54) is 7.11 Å². The molecule has 114 valence electrons. The van der Waals surface area contributed by atoms with Crippen molar-refractivity contribution in [3.05, 3.63) is 35.4 Å². The van der Waals surface area contributed by atoms with Crippen LogP contribution in [-0.2, 0) is 9.53 Å². The highest BCUT2D eigenvalue weighted by Gasteiger charge is 2.28. The molecule has 0 bridgehead atoms. The molecule has 6 heteroatoms. The summed E-state index contributed by atoms with van der Waals surface area (Å²) in [7, 11) is 1.34. The van der Waals surface area contributed by atoms with Crippen LogP contribution >= 0.6 is 0 Å². The van der Waals surface area contributed by atoms with Gasteiger partial charge in [0.15, 0.2) is 0 Å². The van der Waals surface area contributed by atoms with Crippen LogP contribution in [0.5, 0.6) is 0 Å². The molecule has 21 heavy (non-hydrogen) atoms. The van der Waals surface area contributed by atoms with Gasteiger partial charge in [0.05, 0.1) is 30.9 Å². The second kappa shape index (κ2) is 6.69. The Bertz CT molecular complexity index is 515. The van der Waals surface area contributed by atoms with Gasteiger partial charge in [-0.15, -0.1) is 0 Å². The molecule has 1 aliphatic heterocycles. The van der Waals surface area contributed by atoms with E-state index in [9.17, 15) is 14.7 Å². The first-order chi connectivity index (χ1) is 10.0. The second-order valence-corrected chi connectivity index (χ2v) is 5.19. The van der Waals surface area contributed by atoms with E-state index in [-0.39, 0.29) is 24.0 Å². The number of hydrogen-bond acceptors (Lipinski definition) is 5. The normalized spacial score (nSPS) is 22.6. The van der Waals surface area contributed by atoms with E-state index in [1.54, 1.807) is 24.3 Å². The first kappa shape index (κ1) is 15.5. The molecule has 3 N–H and O–H groups in total. The third-order valence-corrected chi connectivity index (χ3v) is 3.61. The molecule has 1 aliphatic rings. The molecule has 1 fully saturated rings. The number of aliphatic hydroxyl groups excluding tert-OH is 1. The van der Waals surface area contributed by atoms with E-state index in [0.29, 0.717) is 18.5 Å². The molecule has 1 aromatic rings. The number of rotatable bonds is 4. The monoisotopic (exact) mass is 292 g/mol. The van der Waals surface area contributed by atoms with Crippen LogP contribution < -0.4 is 10.6 Å². The SMILES string of the molecule is COC(=O)c1ccc([C@H](C)NC(=O)[C@H]2C[C@@H](O)CN2)cc1. The fourth-order valence-corrected chi connectivity index (χ4v) is 2.34. The van der Waals surface area contributed by atoms with E-state index in [1.807, 2.05) is 6.92 Å². The molecule has 1 heterocycles. The standard InChI is InChI=1S/C15H20N2O4/c1-9(17-14(19)13-7-12(18)8-16-13)10-3-5-11(6-4-10)15(20)21-2/h3-6,9,12-13,16,18H,7-8H2,1-2H3,(H,17,19)/t9-,12+,13+/m0/s1. The van der Waals surface area contributed by atoms with Gasteiger partial charge in [-0.05, 0) is 31.0 Å². The highest BCUT2D eigenvalue weighted by atomic mass is 16.5. The van der Waals surface area contributed by atoms with Gasteiger partial charge in [0.2, 0.25) is 5.91 Å². The molecule has 0 saturated carbocycles. The number of aliphatic hydroxyl groups is 1. The lowest BCUT2D eigenvalue weighted by molar-refractivity contribution is -0.123. The summed E-state index contributed by atoms with van der Waals surface area (Å²) in [6.07, 6.45) is -0.0322. The molecular formula is C15H20N2O4. The molecule has 1 saturated heterocycles. The summed E-state index contributed by atoms with van der Waals surface area (Å²) in [5.74, 6) is -0.515. The first-order valence-electron chi connectivity index (χ1n) is 6.91. The van der Waals surface area contributed by atoms with Crippen molar-refractivity contribution in [2.45, 2.75) is 31.5 Å². The van der Waals surface area contributed by atoms with E-state index >= 15 is 0 Å². The van der Waals surface area contributed by atoms with Crippen LogP contribution in [0.15, 0.2) is 24.3 Å². The summed E-state index contributed by atoms with van der Waals surface area (Å²) in [5.41, 5.74) is 1.37. The Labute approximate surface area is 123 Å². The lowest BCUT2D eigenvalue weighted by atomic mass is 10.1. The zero-order valence-corrected chi connectivity index (χ0v) is 12.1. The average Bonchev–Trinajstić information content (AvgIpc) is 2.93. The fraction of sp³-hybridized carbons (Fsp3) is 0.467. The fourth-order valence-electron chi connectivity index (χ4n) is 2.34. The highest BCUT2D eigenvalue weighted by Crippen LogP contribution is 2.15. The summed E-state index contributed by atoms with van der Waals surface area (Å²) >= 11 is 0. The average molecular weight is 292 g/mol. The van der Waals surface area contributed by atoms with E-state index < -0.39 is 6.10 Å². The van der Waals surface area contributed by atoms with Gasteiger partial charge in [0, 0.05) is 6.54 Å². The maximum absolute atomic E-state index is 12.0. The van der Waals surface area contributed by atoms with Gasteiger partial charge in [0.1, 0.15) is 0 Å². The van der Waals surface area contributed by atoms with Gasteiger partial charge in [-0.1, -0.05) is 12.1 Å². The number of methoxy groups -OCH3 is 1. The molecule has 0 unspecified atom stereocenters. The van der Waals surface area contributed by atoms with Gasteiger partial charge in [-0.25, -0.2) is 4.79 Å². The molecule has 3 atom stereocenters. The minimum absolute atomic E-state index is 0.129. The molecule has 2 rings (SSSR count). The predicted molar refractivity (Wildman–Crippen MR) is 76.8 cm³/mol. The number of nitrogens with one attached hydrogen (secondary N) is 2. The van der Waals surface area contributed by atoms with Crippen LogP contribution in [0.1, 0.15) is 35.3 Å². The van der Waals surface area contributed by atoms with Crippen molar-refractivity contribution in [2.75, 3.05) is 13.7 Å². The predicted octanol–water partition coefficient (Wildman–Crippen LogP) is 0.373. The number of benzene rings is 1. The van der Waals surface area contributed by atoms with Crippen molar-refractivity contribution in [3.63, 3.8) is 0 Å². The van der Waals surface area contributed by atoms with Gasteiger partial charge in [-0.3, -0.25) is 4.79 Å². The molecular weight excluding hydrogens is 272 g/mol. The Kier molecular flexibility index (Phi) is 4.93. The smallest absolute Gasteiger partial charge is 0.337 e. The lowest BCUT2D eigenvalue weighted by Crippen LogP contribution is -2.41. The van der Waals surface area contributed by atoms with Gasteiger partial charge in [-0.2, -0.15) is 0 Å². The third kappa shape index (κ3) is 3.80. The Morgan fingerprint density at radius 1 is 1.38 bits per heavy atom. The molecule has 1 aromatic carbocycles. The number of amides is 1. The zero-order chi connectivity index (χ0) is 15.4. The van der Waals surface area contributed by atoms with Crippen molar-refractivity contribution < 1.29 is 19.4 Å². The maximum atomic E-state index is 12.0. The zero-order valence-electron chi connectivity index (χ0n) is 12.1. The number of carbonyl (C=O) groups excluding carboxylic acids is 2. The van der Waals surface area contributed by atoms with Gasteiger partial charge >= 0.3 is 5.97 Å². The maximum Gasteiger partial charge on any atom is 0.337 e. The molecule has 6 nitrogen and oxygen atoms in total. The van der Waals surface area contributed by atoms with Crippen LogP contribution in [0.3, 0.4) is 0 Å². The number of esters is 1. The summed E-state index contributed by atoms with van der Waals surface area (Å²) < 4.78 is 4.64. The number of carbonyl (C=O) groups is 2. The molecule has 0 aromatic heterocycles. The van der Waals surface area contributed by atoms with Gasteiger partial charge < -0.3 is 20.5 Å². The molecule has 1 amide bonds. The van der Waals surface area contributed by atoms with Crippen LogP contribution in [0.4, 0.5) is 0 Å². The lowest BCUT2D eigenvalue weighted by Gasteiger charge is -2.17. The second-order valence-electron chi connectivity index (χ2n) is 5.19. The molecule has 0 radical (unpaired) electrons. The van der Waals surface area contributed by atoms with Crippen molar-refractivity contribution in [1.29, 1.82) is 0 Å². The quantitative estimate of drug-likeness (QED) is 0.698. The summed E-state index contributed by atoms with van der Waals surface area (Å²) in [6.45, 7) is 2.32. The first-order valence-corrected chi connectivity index (χ1v) is 6.91. The largest absolute Gasteiger partial charge is 0.465 e. The van der Waals surface area contributed by atoms with Crippen molar-refractivity contribution >= 4 is 11.9 Å². The Balaban J connectivity index is 1.95. The van der Waals surface area contributed by atoms with E-state index in [0.717, 1.165) is 5.56 Å². The molecule has 0 aliphatic carbocycles. The Hall–Kier alpha value is -1.92. The minimum atomic E-state index is -0.463.